The molecule has 0 aliphatic rings. The minimum Gasteiger partial charge on any atom is -0.321 e. The Kier molecular flexibility index (Phi) is 4.05. The summed E-state index contributed by atoms with van der Waals surface area (Å²) in [6.45, 7) is 6.02. The maximum atomic E-state index is 12.2. The topological polar surface area (TPSA) is 29.1 Å². The zero-order valence-electron chi connectivity index (χ0n) is 11.3. The molecule has 98 valence electrons. The highest BCUT2D eigenvalue weighted by molar-refractivity contribution is 9.10. The van der Waals surface area contributed by atoms with Gasteiger partial charge in [-0.25, -0.2) is 0 Å². The van der Waals surface area contributed by atoms with Crippen molar-refractivity contribution in [2.75, 3.05) is 5.32 Å². The van der Waals surface area contributed by atoms with E-state index in [4.69, 9.17) is 0 Å². The van der Waals surface area contributed by atoms with E-state index in [9.17, 15) is 4.79 Å². The molecule has 0 spiro atoms. The number of aryl methyl sites for hydroxylation is 3. The summed E-state index contributed by atoms with van der Waals surface area (Å²) in [6, 6.07) is 11.6. The number of carbonyl (C=O) groups is 1. The van der Waals surface area contributed by atoms with Gasteiger partial charge in [-0.2, -0.15) is 0 Å². The molecule has 0 saturated heterocycles. The molecule has 2 aromatic carbocycles. The molecule has 0 radical (unpaired) electrons. The number of hydrogen-bond acceptors (Lipinski definition) is 1. The van der Waals surface area contributed by atoms with E-state index in [0.717, 1.165) is 26.9 Å². The zero-order valence-corrected chi connectivity index (χ0v) is 12.8. The summed E-state index contributed by atoms with van der Waals surface area (Å²) in [5, 5.41) is 2.96. The van der Waals surface area contributed by atoms with Gasteiger partial charge in [0.2, 0.25) is 0 Å². The number of anilines is 1. The van der Waals surface area contributed by atoms with Crippen LogP contribution in [0.25, 0.3) is 0 Å². The third kappa shape index (κ3) is 3.24. The number of nitrogens with one attached hydrogen (secondary N) is 1. The van der Waals surface area contributed by atoms with Crippen molar-refractivity contribution >= 4 is 27.5 Å². The van der Waals surface area contributed by atoms with Gasteiger partial charge < -0.3 is 5.32 Å². The van der Waals surface area contributed by atoms with Crippen molar-refractivity contribution in [3.05, 3.63) is 63.1 Å². The average molecular weight is 318 g/mol. The third-order valence-corrected chi connectivity index (χ3v) is 3.61. The largest absolute Gasteiger partial charge is 0.321 e. The minimum atomic E-state index is -0.0901. The van der Waals surface area contributed by atoms with Gasteiger partial charge in [0.25, 0.3) is 5.91 Å². The zero-order chi connectivity index (χ0) is 14.0. The lowest BCUT2D eigenvalue weighted by molar-refractivity contribution is 0.102. The fourth-order valence-corrected chi connectivity index (χ4v) is 2.74. The molecule has 0 unspecified atom stereocenters. The standard InChI is InChI=1S/C16H16BrNO/c1-10-4-6-13(7-5-10)16(19)18-15-12(3)8-11(2)9-14(15)17/h4-9H,1-3H3,(H,18,19). The number of carbonyl (C=O) groups excluding carboxylic acids is 1. The minimum absolute atomic E-state index is 0.0901. The van der Waals surface area contributed by atoms with E-state index in [0.29, 0.717) is 5.56 Å². The summed E-state index contributed by atoms with van der Waals surface area (Å²) >= 11 is 3.50. The molecule has 0 heterocycles. The van der Waals surface area contributed by atoms with Crippen molar-refractivity contribution in [1.29, 1.82) is 0 Å². The molecule has 0 bridgehead atoms. The van der Waals surface area contributed by atoms with Gasteiger partial charge in [0.1, 0.15) is 0 Å². The van der Waals surface area contributed by atoms with Gasteiger partial charge >= 0.3 is 0 Å². The van der Waals surface area contributed by atoms with Crippen molar-refractivity contribution in [3.63, 3.8) is 0 Å². The van der Waals surface area contributed by atoms with Gasteiger partial charge in [0.15, 0.2) is 0 Å². The summed E-state index contributed by atoms with van der Waals surface area (Å²) < 4.78 is 0.908. The van der Waals surface area contributed by atoms with Gasteiger partial charge in [-0.3, -0.25) is 4.79 Å². The highest BCUT2D eigenvalue weighted by Crippen LogP contribution is 2.28. The lowest BCUT2D eigenvalue weighted by atomic mass is 10.1. The van der Waals surface area contributed by atoms with Crippen molar-refractivity contribution in [2.45, 2.75) is 20.8 Å². The second kappa shape index (κ2) is 5.57. The van der Waals surface area contributed by atoms with E-state index in [1.807, 2.05) is 51.1 Å². The number of benzene rings is 2. The molecule has 0 saturated carbocycles. The van der Waals surface area contributed by atoms with Gasteiger partial charge in [-0.1, -0.05) is 23.8 Å². The van der Waals surface area contributed by atoms with E-state index in [1.165, 1.54) is 0 Å². The Hall–Kier alpha value is -1.61. The van der Waals surface area contributed by atoms with Gasteiger partial charge in [-0.15, -0.1) is 0 Å². The van der Waals surface area contributed by atoms with Crippen LogP contribution in [0.3, 0.4) is 0 Å². The first-order chi connectivity index (χ1) is 8.97. The van der Waals surface area contributed by atoms with E-state index in [2.05, 4.69) is 27.3 Å². The first-order valence-corrected chi connectivity index (χ1v) is 6.91. The summed E-state index contributed by atoms with van der Waals surface area (Å²) in [4.78, 5) is 12.2. The van der Waals surface area contributed by atoms with Crippen LogP contribution >= 0.6 is 15.9 Å². The van der Waals surface area contributed by atoms with Gasteiger partial charge in [-0.05, 0) is 66.0 Å². The van der Waals surface area contributed by atoms with Crippen LogP contribution in [0.4, 0.5) is 5.69 Å². The second-order valence-electron chi connectivity index (χ2n) is 4.76. The maximum Gasteiger partial charge on any atom is 0.255 e. The lowest BCUT2D eigenvalue weighted by Gasteiger charge is -2.12. The summed E-state index contributed by atoms with van der Waals surface area (Å²) in [6.07, 6.45) is 0. The van der Waals surface area contributed by atoms with Gasteiger partial charge in [0, 0.05) is 10.0 Å². The number of hydrogen-bond donors (Lipinski definition) is 1. The van der Waals surface area contributed by atoms with Gasteiger partial charge in [0.05, 0.1) is 5.69 Å². The highest BCUT2D eigenvalue weighted by atomic mass is 79.9. The molecule has 0 aliphatic carbocycles. The first-order valence-electron chi connectivity index (χ1n) is 6.12. The van der Waals surface area contributed by atoms with E-state index in [-0.39, 0.29) is 5.91 Å². The molecule has 3 heteroatoms. The predicted octanol–water partition coefficient (Wildman–Crippen LogP) is 4.63. The monoisotopic (exact) mass is 317 g/mol. The van der Waals surface area contributed by atoms with E-state index >= 15 is 0 Å². The van der Waals surface area contributed by atoms with Crippen LogP contribution < -0.4 is 5.32 Å². The number of amides is 1. The number of halogens is 1. The van der Waals surface area contributed by atoms with Crippen molar-refractivity contribution in [3.8, 4) is 0 Å². The Morgan fingerprint density at radius 3 is 2.21 bits per heavy atom. The molecule has 1 amide bonds. The Morgan fingerprint density at radius 2 is 1.63 bits per heavy atom. The van der Waals surface area contributed by atoms with Crippen LogP contribution in [-0.4, -0.2) is 5.91 Å². The van der Waals surface area contributed by atoms with E-state index in [1.54, 1.807) is 0 Å². The van der Waals surface area contributed by atoms with Crippen LogP contribution in [0.1, 0.15) is 27.0 Å². The normalized spacial score (nSPS) is 10.3. The van der Waals surface area contributed by atoms with Crippen LogP contribution in [-0.2, 0) is 0 Å². The molecule has 0 aromatic heterocycles. The Morgan fingerprint density at radius 1 is 1.00 bits per heavy atom. The molecule has 0 atom stereocenters. The third-order valence-electron chi connectivity index (χ3n) is 2.98. The molecule has 0 fully saturated rings. The van der Waals surface area contributed by atoms with Crippen LogP contribution in [0.15, 0.2) is 40.9 Å². The molecular weight excluding hydrogens is 302 g/mol. The molecular formula is C16H16BrNO. The smallest absolute Gasteiger partial charge is 0.255 e. The highest BCUT2D eigenvalue weighted by Gasteiger charge is 2.10. The molecule has 2 rings (SSSR count). The Labute approximate surface area is 122 Å². The Balaban J connectivity index is 2.26. The fraction of sp³-hybridized carbons (Fsp3) is 0.188. The average Bonchev–Trinajstić information content (AvgIpc) is 2.34. The summed E-state index contributed by atoms with van der Waals surface area (Å²) in [5.41, 5.74) is 4.85. The first kappa shape index (κ1) is 13.8. The quantitative estimate of drug-likeness (QED) is 0.859. The maximum absolute atomic E-state index is 12.2. The van der Waals surface area contributed by atoms with Crippen LogP contribution in [0.2, 0.25) is 0 Å². The molecule has 1 N–H and O–H groups in total. The Bertz CT molecular complexity index is 594. The molecule has 2 aromatic rings. The summed E-state index contributed by atoms with van der Waals surface area (Å²) in [7, 11) is 0. The SMILES string of the molecule is Cc1ccc(C(=O)Nc2c(C)cc(C)cc2Br)cc1. The molecule has 19 heavy (non-hydrogen) atoms. The lowest BCUT2D eigenvalue weighted by Crippen LogP contribution is -2.13. The predicted molar refractivity (Wildman–Crippen MR) is 82.7 cm³/mol. The second-order valence-corrected chi connectivity index (χ2v) is 5.61. The van der Waals surface area contributed by atoms with Crippen molar-refractivity contribution < 1.29 is 4.79 Å². The molecule has 0 aliphatic heterocycles. The van der Waals surface area contributed by atoms with Crippen LogP contribution in [0, 0.1) is 20.8 Å². The molecule has 2 nitrogen and oxygen atoms in total. The van der Waals surface area contributed by atoms with Crippen molar-refractivity contribution in [2.24, 2.45) is 0 Å². The van der Waals surface area contributed by atoms with E-state index < -0.39 is 0 Å². The fourth-order valence-electron chi connectivity index (χ4n) is 1.96. The van der Waals surface area contributed by atoms with Crippen molar-refractivity contribution in [1.82, 2.24) is 0 Å². The number of rotatable bonds is 2. The van der Waals surface area contributed by atoms with Crippen LogP contribution in [0.5, 0.6) is 0 Å². The summed E-state index contributed by atoms with van der Waals surface area (Å²) in [5.74, 6) is -0.0901.